The number of benzene rings is 2. The molecule has 4 N–H and O–H groups in total. The lowest BCUT2D eigenvalue weighted by molar-refractivity contribution is -0.143. The van der Waals surface area contributed by atoms with E-state index in [0.29, 0.717) is 48.3 Å². The smallest absolute Gasteiger partial charge is 0.435 e. The monoisotopic (exact) mass is 604 g/mol. The van der Waals surface area contributed by atoms with Crippen molar-refractivity contribution in [3.8, 4) is 5.75 Å². The van der Waals surface area contributed by atoms with E-state index < -0.39 is 34.5 Å². The molecule has 2 aromatic carbocycles. The van der Waals surface area contributed by atoms with Gasteiger partial charge in [0.2, 0.25) is 0 Å². The van der Waals surface area contributed by atoms with Crippen LogP contribution in [0.4, 0.5) is 18.3 Å². The highest BCUT2D eigenvalue weighted by Gasteiger charge is 2.40. The summed E-state index contributed by atoms with van der Waals surface area (Å²) in [6.45, 7) is 1.68. The number of thiazole rings is 1. The average molecular weight is 605 g/mol. The van der Waals surface area contributed by atoms with E-state index in [-0.39, 0.29) is 36.3 Å². The van der Waals surface area contributed by atoms with Gasteiger partial charge in [-0.05, 0) is 62.4 Å². The number of anilines is 1. The number of nitrogens with zero attached hydrogens (tertiary/aromatic N) is 1. The summed E-state index contributed by atoms with van der Waals surface area (Å²) >= 11 is 0.614. The standard InChI is InChI=1S/C29H31F3N4O5S/c1-17(18-5-3-2-4-6-18)35-28-36-24(29(30,31)32)23(42-28)26(38)34-16-15-33-25(37)19-7-11-21(12-8-19)41-22-13-9-20(10-14-22)27(39)40/h2-8,11-12,17,20,22H,9-10,13-16H2,1H3,(H,33,37)(H,34,38)(H,35,36)(H,39,40). The topological polar surface area (TPSA) is 130 Å². The maximum absolute atomic E-state index is 13.6. The van der Waals surface area contributed by atoms with Gasteiger partial charge in [-0.2, -0.15) is 13.2 Å². The highest BCUT2D eigenvalue weighted by Crippen LogP contribution is 2.37. The second kappa shape index (κ2) is 13.7. The number of aromatic nitrogens is 1. The van der Waals surface area contributed by atoms with Crippen LogP contribution in [0.15, 0.2) is 54.6 Å². The van der Waals surface area contributed by atoms with Crippen LogP contribution in [0, 0.1) is 5.92 Å². The number of rotatable bonds is 11. The number of nitrogens with one attached hydrogen (secondary N) is 3. The van der Waals surface area contributed by atoms with Gasteiger partial charge in [0.25, 0.3) is 11.8 Å². The third-order valence-corrected chi connectivity index (χ3v) is 7.87. The molecule has 0 bridgehead atoms. The molecular weight excluding hydrogens is 573 g/mol. The number of carboxylic acids is 1. The summed E-state index contributed by atoms with van der Waals surface area (Å²) in [7, 11) is 0. The van der Waals surface area contributed by atoms with Gasteiger partial charge < -0.3 is 25.8 Å². The molecule has 0 aliphatic heterocycles. The van der Waals surface area contributed by atoms with Crippen LogP contribution in [-0.4, -0.2) is 47.1 Å². The zero-order chi connectivity index (χ0) is 30.3. The molecule has 2 amide bonds. The fraction of sp³-hybridized carbons (Fsp3) is 0.379. The highest BCUT2D eigenvalue weighted by atomic mass is 32.1. The number of ether oxygens (including phenoxy) is 1. The van der Waals surface area contributed by atoms with Crippen LogP contribution in [-0.2, 0) is 11.0 Å². The van der Waals surface area contributed by atoms with E-state index in [1.807, 2.05) is 30.3 Å². The van der Waals surface area contributed by atoms with E-state index in [0.717, 1.165) is 5.56 Å². The Labute approximate surface area is 244 Å². The summed E-state index contributed by atoms with van der Waals surface area (Å²) < 4.78 is 46.8. The molecule has 1 aromatic heterocycles. The van der Waals surface area contributed by atoms with Crippen LogP contribution in [0.25, 0.3) is 0 Å². The number of amides is 2. The lowest BCUT2D eigenvalue weighted by atomic mass is 9.87. The lowest BCUT2D eigenvalue weighted by Crippen LogP contribution is -2.35. The van der Waals surface area contributed by atoms with Gasteiger partial charge in [-0.15, -0.1) is 0 Å². The van der Waals surface area contributed by atoms with Gasteiger partial charge in [0.15, 0.2) is 10.8 Å². The Morgan fingerprint density at radius 3 is 2.19 bits per heavy atom. The number of carboxylic acid groups (broad SMARTS) is 1. The molecule has 42 heavy (non-hydrogen) atoms. The zero-order valence-corrected chi connectivity index (χ0v) is 23.6. The fourth-order valence-corrected chi connectivity index (χ4v) is 5.57. The molecule has 1 atom stereocenters. The molecule has 224 valence electrons. The molecule has 1 heterocycles. The van der Waals surface area contributed by atoms with E-state index in [9.17, 15) is 27.6 Å². The Hall–Kier alpha value is -4.13. The summed E-state index contributed by atoms with van der Waals surface area (Å²) in [5.74, 6) is -1.91. The van der Waals surface area contributed by atoms with E-state index in [1.54, 1.807) is 31.2 Å². The summed E-state index contributed by atoms with van der Waals surface area (Å²) in [4.78, 5) is 39.3. The van der Waals surface area contributed by atoms with Crippen LogP contribution < -0.4 is 20.7 Å². The Morgan fingerprint density at radius 2 is 1.60 bits per heavy atom. The minimum atomic E-state index is -4.82. The van der Waals surface area contributed by atoms with Crippen molar-refractivity contribution in [1.29, 1.82) is 0 Å². The third kappa shape index (κ3) is 8.21. The van der Waals surface area contributed by atoms with Crippen molar-refractivity contribution in [3.63, 3.8) is 0 Å². The minimum absolute atomic E-state index is 0.00799. The molecule has 9 nitrogen and oxygen atoms in total. The SMILES string of the molecule is CC(Nc1nc(C(F)(F)F)c(C(=O)NCCNC(=O)c2ccc(OC3CCC(C(=O)O)CC3)cc2)s1)c1ccccc1. The van der Waals surface area contributed by atoms with Gasteiger partial charge in [-0.25, -0.2) is 4.98 Å². The number of hydrogen-bond acceptors (Lipinski definition) is 7. The van der Waals surface area contributed by atoms with Crippen LogP contribution >= 0.6 is 11.3 Å². The quantitative estimate of drug-likeness (QED) is 0.212. The molecule has 1 unspecified atom stereocenters. The van der Waals surface area contributed by atoms with E-state index >= 15 is 0 Å². The van der Waals surface area contributed by atoms with Crippen LogP contribution in [0.1, 0.15) is 69.9 Å². The molecule has 1 aliphatic rings. The van der Waals surface area contributed by atoms with Gasteiger partial charge in [-0.1, -0.05) is 41.7 Å². The Bertz CT molecular complexity index is 1370. The molecule has 13 heteroatoms. The first-order chi connectivity index (χ1) is 20.0. The van der Waals surface area contributed by atoms with Gasteiger partial charge in [-0.3, -0.25) is 14.4 Å². The van der Waals surface area contributed by atoms with Crippen molar-refractivity contribution in [1.82, 2.24) is 15.6 Å². The first-order valence-electron chi connectivity index (χ1n) is 13.5. The molecular formula is C29H31F3N4O5S. The van der Waals surface area contributed by atoms with Gasteiger partial charge in [0, 0.05) is 18.7 Å². The second-order valence-corrected chi connectivity index (χ2v) is 10.9. The van der Waals surface area contributed by atoms with Crippen molar-refractivity contribution in [2.45, 2.75) is 50.9 Å². The molecule has 0 spiro atoms. The summed E-state index contributed by atoms with van der Waals surface area (Å²) in [6, 6.07) is 15.2. The van der Waals surface area contributed by atoms with Gasteiger partial charge in [0.05, 0.1) is 18.1 Å². The lowest BCUT2D eigenvalue weighted by Gasteiger charge is -2.26. The predicted octanol–water partition coefficient (Wildman–Crippen LogP) is 5.52. The minimum Gasteiger partial charge on any atom is -0.490 e. The van der Waals surface area contributed by atoms with Crippen molar-refractivity contribution >= 4 is 34.3 Å². The summed E-state index contributed by atoms with van der Waals surface area (Å²) in [6.07, 6.45) is -2.50. The van der Waals surface area contributed by atoms with E-state index in [1.165, 1.54) is 0 Å². The van der Waals surface area contributed by atoms with Gasteiger partial charge >= 0.3 is 12.1 Å². The van der Waals surface area contributed by atoms with Gasteiger partial charge in [0.1, 0.15) is 10.6 Å². The summed E-state index contributed by atoms with van der Waals surface area (Å²) in [5.41, 5.74) is -0.0765. The number of aliphatic carboxylic acids is 1. The Balaban J connectivity index is 1.25. The number of carbonyl (C=O) groups is 3. The average Bonchev–Trinajstić information content (AvgIpc) is 3.41. The van der Waals surface area contributed by atoms with Crippen LogP contribution in [0.3, 0.4) is 0 Å². The number of hydrogen-bond donors (Lipinski definition) is 4. The molecule has 1 fully saturated rings. The molecule has 3 aromatic rings. The predicted molar refractivity (Wildman–Crippen MR) is 151 cm³/mol. The molecule has 0 saturated heterocycles. The first-order valence-corrected chi connectivity index (χ1v) is 14.3. The number of halogens is 3. The van der Waals surface area contributed by atoms with E-state index in [4.69, 9.17) is 9.84 Å². The second-order valence-electron chi connectivity index (χ2n) is 9.94. The van der Waals surface area contributed by atoms with Crippen molar-refractivity contribution in [3.05, 3.63) is 76.3 Å². The van der Waals surface area contributed by atoms with E-state index in [2.05, 4.69) is 20.9 Å². The molecule has 1 saturated carbocycles. The normalized spacial score (nSPS) is 17.6. The highest BCUT2D eigenvalue weighted by molar-refractivity contribution is 7.17. The first kappa shape index (κ1) is 30.8. The Kier molecular flexibility index (Phi) is 10.0. The maximum atomic E-state index is 13.6. The van der Waals surface area contributed by atoms with Crippen molar-refractivity contribution in [2.75, 3.05) is 18.4 Å². The number of alkyl halides is 3. The molecule has 0 radical (unpaired) electrons. The zero-order valence-electron chi connectivity index (χ0n) is 22.7. The maximum Gasteiger partial charge on any atom is 0.435 e. The fourth-order valence-electron chi connectivity index (χ4n) is 4.58. The Morgan fingerprint density at radius 1 is 0.976 bits per heavy atom. The molecule has 4 rings (SSSR count). The summed E-state index contributed by atoms with van der Waals surface area (Å²) in [5, 5.41) is 17.0. The number of carbonyl (C=O) groups excluding carboxylic acids is 2. The molecule has 1 aliphatic carbocycles. The largest absolute Gasteiger partial charge is 0.490 e. The van der Waals surface area contributed by atoms with Crippen LogP contribution in [0.5, 0.6) is 5.75 Å². The van der Waals surface area contributed by atoms with Crippen molar-refractivity contribution in [2.24, 2.45) is 5.92 Å². The van der Waals surface area contributed by atoms with Crippen molar-refractivity contribution < 1.29 is 37.4 Å². The third-order valence-electron chi connectivity index (χ3n) is 6.88. The van der Waals surface area contributed by atoms with Crippen LogP contribution in [0.2, 0.25) is 0 Å².